The number of thiazole rings is 1. The maximum absolute atomic E-state index is 13.3. The average molecular weight is 500 g/mol. The summed E-state index contributed by atoms with van der Waals surface area (Å²) in [4.78, 5) is 38.0. The van der Waals surface area contributed by atoms with Crippen LogP contribution in [0.4, 0.5) is 9.52 Å². The Hall–Kier alpha value is -4.24. The molecule has 3 aromatic carbocycles. The summed E-state index contributed by atoms with van der Waals surface area (Å²) in [7, 11) is 0. The number of aromatic nitrogens is 3. The molecule has 0 saturated heterocycles. The molecule has 1 atom stereocenters. The van der Waals surface area contributed by atoms with Crippen molar-refractivity contribution in [3.05, 3.63) is 83.6 Å². The first-order valence-corrected chi connectivity index (χ1v) is 12.1. The van der Waals surface area contributed by atoms with Crippen LogP contribution < -0.4 is 10.6 Å². The molecule has 0 aliphatic heterocycles. The van der Waals surface area contributed by atoms with Gasteiger partial charge < -0.3 is 10.6 Å². The van der Waals surface area contributed by atoms with Crippen LogP contribution in [0.15, 0.2) is 60.7 Å². The van der Waals surface area contributed by atoms with E-state index in [0.29, 0.717) is 21.9 Å². The van der Waals surface area contributed by atoms with Crippen LogP contribution in [0.5, 0.6) is 0 Å². The fraction of sp³-hybridized carbons (Fsp3) is 0.148. The van der Waals surface area contributed by atoms with Crippen molar-refractivity contribution in [2.24, 2.45) is 0 Å². The predicted molar refractivity (Wildman–Crippen MR) is 139 cm³/mol. The third-order valence-corrected chi connectivity index (χ3v) is 6.68. The third kappa shape index (κ3) is 4.78. The first-order chi connectivity index (χ1) is 17.3. The SMILES string of the molecule is CC(=O)Nc1nc2ccc(-c3ccc4nc(C)nc(C(=O)N[C@@H](C)c5ccc(F)cc5)c4c3)cc2s1. The van der Waals surface area contributed by atoms with E-state index in [0.717, 1.165) is 26.9 Å². The fourth-order valence-corrected chi connectivity index (χ4v) is 4.96. The number of carbonyl (C=O) groups excluding carboxylic acids is 2. The van der Waals surface area contributed by atoms with E-state index in [1.165, 1.54) is 30.4 Å². The Morgan fingerprint density at radius 3 is 2.33 bits per heavy atom. The predicted octanol–water partition coefficient (Wildman–Crippen LogP) is 5.80. The lowest BCUT2D eigenvalue weighted by molar-refractivity contribution is -0.114. The van der Waals surface area contributed by atoms with E-state index >= 15 is 0 Å². The molecule has 2 N–H and O–H groups in total. The minimum Gasteiger partial charge on any atom is -0.344 e. The molecular formula is C27H22FN5O2S. The van der Waals surface area contributed by atoms with Gasteiger partial charge in [0.15, 0.2) is 5.13 Å². The van der Waals surface area contributed by atoms with Gasteiger partial charge in [-0.25, -0.2) is 19.3 Å². The van der Waals surface area contributed by atoms with Crippen molar-refractivity contribution in [3.8, 4) is 11.1 Å². The smallest absolute Gasteiger partial charge is 0.271 e. The molecule has 0 aliphatic carbocycles. The monoisotopic (exact) mass is 499 g/mol. The van der Waals surface area contributed by atoms with Gasteiger partial charge in [-0.15, -0.1) is 0 Å². The normalized spacial score (nSPS) is 12.0. The highest BCUT2D eigenvalue weighted by Crippen LogP contribution is 2.32. The molecule has 5 rings (SSSR count). The number of fused-ring (bicyclic) bond motifs is 2. The Morgan fingerprint density at radius 1 is 0.917 bits per heavy atom. The zero-order valence-corrected chi connectivity index (χ0v) is 20.6. The van der Waals surface area contributed by atoms with Crippen molar-refractivity contribution in [1.82, 2.24) is 20.3 Å². The summed E-state index contributed by atoms with van der Waals surface area (Å²) in [6.45, 7) is 5.04. The van der Waals surface area contributed by atoms with E-state index in [1.807, 2.05) is 43.3 Å². The largest absolute Gasteiger partial charge is 0.344 e. The van der Waals surface area contributed by atoms with Crippen LogP contribution in [0.1, 0.15) is 41.8 Å². The van der Waals surface area contributed by atoms with E-state index in [1.54, 1.807) is 19.1 Å². The molecule has 0 saturated carbocycles. The van der Waals surface area contributed by atoms with Gasteiger partial charge in [0.2, 0.25) is 5.91 Å². The van der Waals surface area contributed by atoms with E-state index in [-0.39, 0.29) is 29.4 Å². The molecule has 2 aromatic heterocycles. The number of benzene rings is 3. The van der Waals surface area contributed by atoms with Gasteiger partial charge in [-0.05, 0) is 66.9 Å². The summed E-state index contributed by atoms with van der Waals surface area (Å²) in [6, 6.07) is 17.3. The molecule has 7 nitrogen and oxygen atoms in total. The van der Waals surface area contributed by atoms with E-state index in [2.05, 4.69) is 25.6 Å². The molecule has 0 radical (unpaired) electrons. The molecule has 0 unspecified atom stereocenters. The van der Waals surface area contributed by atoms with Crippen LogP contribution in [0, 0.1) is 12.7 Å². The maximum Gasteiger partial charge on any atom is 0.271 e. The van der Waals surface area contributed by atoms with Crippen molar-refractivity contribution in [2.45, 2.75) is 26.8 Å². The second kappa shape index (κ2) is 9.43. The molecule has 5 aromatic rings. The topological polar surface area (TPSA) is 96.9 Å². The van der Waals surface area contributed by atoms with Crippen LogP contribution in [-0.2, 0) is 4.79 Å². The summed E-state index contributed by atoms with van der Waals surface area (Å²) >= 11 is 1.40. The number of hydrogen-bond donors (Lipinski definition) is 2. The number of nitrogens with one attached hydrogen (secondary N) is 2. The molecule has 2 amide bonds. The highest BCUT2D eigenvalue weighted by Gasteiger charge is 2.18. The number of anilines is 1. The Kier molecular flexibility index (Phi) is 6.15. The van der Waals surface area contributed by atoms with Crippen LogP contribution in [0.25, 0.3) is 32.2 Å². The fourth-order valence-electron chi connectivity index (χ4n) is 4.01. The van der Waals surface area contributed by atoms with Crippen LogP contribution >= 0.6 is 11.3 Å². The summed E-state index contributed by atoms with van der Waals surface area (Å²) in [5.41, 5.74) is 4.36. The van der Waals surface area contributed by atoms with Crippen molar-refractivity contribution >= 4 is 49.4 Å². The number of carbonyl (C=O) groups is 2. The van der Waals surface area contributed by atoms with Crippen molar-refractivity contribution in [1.29, 1.82) is 0 Å². The minimum absolute atomic E-state index is 0.168. The first kappa shape index (κ1) is 23.5. The third-order valence-electron chi connectivity index (χ3n) is 5.74. The van der Waals surface area contributed by atoms with Crippen molar-refractivity contribution in [2.75, 3.05) is 5.32 Å². The molecular weight excluding hydrogens is 477 g/mol. The number of aryl methyl sites for hydroxylation is 1. The first-order valence-electron chi connectivity index (χ1n) is 11.3. The second-order valence-corrected chi connectivity index (χ2v) is 9.51. The zero-order chi connectivity index (χ0) is 25.4. The molecule has 0 aliphatic rings. The minimum atomic E-state index is -0.336. The highest BCUT2D eigenvalue weighted by atomic mass is 32.1. The van der Waals surface area contributed by atoms with Gasteiger partial charge in [-0.2, -0.15) is 0 Å². The van der Waals surface area contributed by atoms with Gasteiger partial charge in [-0.3, -0.25) is 9.59 Å². The molecule has 9 heteroatoms. The molecule has 36 heavy (non-hydrogen) atoms. The summed E-state index contributed by atoms with van der Waals surface area (Å²) in [5, 5.41) is 6.86. The standard InChI is InChI=1S/C27H22FN5O2S/c1-14(17-4-8-20(28)9-5-17)29-26(35)25-21-12-18(6-10-22(21)30-15(2)31-25)19-7-11-23-24(13-19)36-27(33-23)32-16(3)34/h4-14H,1-3H3,(H,29,35)(H,32,33,34)/t14-/m0/s1. The Bertz CT molecular complexity index is 1630. The van der Waals surface area contributed by atoms with E-state index < -0.39 is 0 Å². The molecule has 180 valence electrons. The highest BCUT2D eigenvalue weighted by molar-refractivity contribution is 7.22. The Morgan fingerprint density at radius 2 is 1.61 bits per heavy atom. The van der Waals surface area contributed by atoms with Crippen molar-refractivity contribution < 1.29 is 14.0 Å². The van der Waals surface area contributed by atoms with Gasteiger partial charge in [0.25, 0.3) is 5.91 Å². The molecule has 0 spiro atoms. The van der Waals surface area contributed by atoms with Gasteiger partial charge in [0.05, 0.1) is 21.8 Å². The second-order valence-electron chi connectivity index (χ2n) is 8.48. The van der Waals surface area contributed by atoms with E-state index in [4.69, 9.17) is 0 Å². The van der Waals surface area contributed by atoms with Crippen LogP contribution in [-0.4, -0.2) is 26.8 Å². The number of rotatable bonds is 5. The average Bonchev–Trinajstić information content (AvgIpc) is 3.24. The summed E-state index contributed by atoms with van der Waals surface area (Å²) in [5.74, 6) is -0.340. The molecule has 2 heterocycles. The van der Waals surface area contributed by atoms with E-state index in [9.17, 15) is 14.0 Å². The number of nitrogens with zero attached hydrogens (tertiary/aromatic N) is 3. The molecule has 0 fully saturated rings. The Labute approximate surface area is 210 Å². The summed E-state index contributed by atoms with van der Waals surface area (Å²) < 4.78 is 14.2. The summed E-state index contributed by atoms with van der Waals surface area (Å²) in [6.07, 6.45) is 0. The number of halogens is 1. The molecule has 0 bridgehead atoms. The van der Waals surface area contributed by atoms with Gasteiger partial charge in [0.1, 0.15) is 17.3 Å². The van der Waals surface area contributed by atoms with Gasteiger partial charge >= 0.3 is 0 Å². The van der Waals surface area contributed by atoms with Crippen LogP contribution in [0.2, 0.25) is 0 Å². The quantitative estimate of drug-likeness (QED) is 0.318. The van der Waals surface area contributed by atoms with Crippen LogP contribution in [0.3, 0.4) is 0 Å². The van der Waals surface area contributed by atoms with Crippen molar-refractivity contribution in [3.63, 3.8) is 0 Å². The number of amides is 2. The number of hydrogen-bond acceptors (Lipinski definition) is 6. The zero-order valence-electron chi connectivity index (χ0n) is 19.8. The van der Waals surface area contributed by atoms with Gasteiger partial charge in [-0.1, -0.05) is 35.6 Å². The lowest BCUT2D eigenvalue weighted by Gasteiger charge is -2.15. The lowest BCUT2D eigenvalue weighted by Crippen LogP contribution is -2.28. The lowest BCUT2D eigenvalue weighted by atomic mass is 10.0. The maximum atomic E-state index is 13.3. The van der Waals surface area contributed by atoms with Gasteiger partial charge in [0, 0.05) is 12.3 Å². The Balaban J connectivity index is 1.50.